The summed E-state index contributed by atoms with van der Waals surface area (Å²) in [5.74, 6) is -0.798. The largest absolute Gasteiger partial charge is 0.480 e. The van der Waals surface area contributed by atoms with Gasteiger partial charge in [-0.3, -0.25) is 14.5 Å². The Kier molecular flexibility index (Phi) is 4.70. The minimum absolute atomic E-state index is 0.483. The lowest BCUT2D eigenvalue weighted by atomic mass is 10.2. The standard InChI is InChI=1S/C10H19N3O3/c1-11(2)7-9(10(15)16)13-5-3-12(8-14)4-6-13/h8-9H,3-7H2,1-2H3,(H,15,16). The van der Waals surface area contributed by atoms with E-state index in [0.717, 1.165) is 6.41 Å². The first-order valence-electron chi connectivity index (χ1n) is 5.35. The number of hydrogen-bond donors (Lipinski definition) is 1. The highest BCUT2D eigenvalue weighted by molar-refractivity contribution is 5.73. The number of carboxylic acids is 1. The van der Waals surface area contributed by atoms with Crippen LogP contribution in [-0.2, 0) is 9.59 Å². The molecule has 0 aromatic rings. The number of amides is 1. The van der Waals surface area contributed by atoms with Crippen molar-refractivity contribution in [3.05, 3.63) is 0 Å². The summed E-state index contributed by atoms with van der Waals surface area (Å²) in [7, 11) is 3.72. The summed E-state index contributed by atoms with van der Waals surface area (Å²) in [6, 6.07) is -0.483. The van der Waals surface area contributed by atoms with Crippen LogP contribution in [0.4, 0.5) is 0 Å². The summed E-state index contributed by atoms with van der Waals surface area (Å²) in [5, 5.41) is 9.15. The summed E-state index contributed by atoms with van der Waals surface area (Å²) in [4.78, 5) is 27.1. The van der Waals surface area contributed by atoms with E-state index in [4.69, 9.17) is 5.11 Å². The lowest BCUT2D eigenvalue weighted by Crippen LogP contribution is -2.55. The number of hydrogen-bond acceptors (Lipinski definition) is 4. The van der Waals surface area contributed by atoms with E-state index >= 15 is 0 Å². The van der Waals surface area contributed by atoms with Crippen LogP contribution in [0, 0.1) is 0 Å². The average Bonchev–Trinajstić information content (AvgIpc) is 2.25. The van der Waals surface area contributed by atoms with Crippen molar-refractivity contribution in [2.75, 3.05) is 46.8 Å². The molecule has 0 spiro atoms. The van der Waals surface area contributed by atoms with Gasteiger partial charge in [-0.05, 0) is 14.1 Å². The molecule has 1 heterocycles. The van der Waals surface area contributed by atoms with Crippen molar-refractivity contribution < 1.29 is 14.7 Å². The molecule has 0 radical (unpaired) electrons. The van der Waals surface area contributed by atoms with E-state index in [1.165, 1.54) is 0 Å². The number of aliphatic carboxylic acids is 1. The maximum absolute atomic E-state index is 11.1. The van der Waals surface area contributed by atoms with E-state index in [1.54, 1.807) is 4.90 Å². The minimum Gasteiger partial charge on any atom is -0.480 e. The Morgan fingerprint density at radius 1 is 1.38 bits per heavy atom. The number of carboxylic acid groups (broad SMARTS) is 1. The van der Waals surface area contributed by atoms with E-state index in [0.29, 0.717) is 32.7 Å². The SMILES string of the molecule is CN(C)CC(C(=O)O)N1CCN(C=O)CC1. The Morgan fingerprint density at radius 3 is 2.31 bits per heavy atom. The molecule has 1 rings (SSSR count). The summed E-state index contributed by atoms with van der Waals surface area (Å²) in [6.45, 7) is 2.98. The smallest absolute Gasteiger partial charge is 0.322 e. The highest BCUT2D eigenvalue weighted by Crippen LogP contribution is 2.06. The Bertz CT molecular complexity index is 250. The zero-order valence-electron chi connectivity index (χ0n) is 9.80. The Hall–Kier alpha value is -1.14. The molecular formula is C10H19N3O3. The van der Waals surface area contributed by atoms with Crippen molar-refractivity contribution in [2.24, 2.45) is 0 Å². The quantitative estimate of drug-likeness (QED) is 0.598. The van der Waals surface area contributed by atoms with Gasteiger partial charge in [0.2, 0.25) is 6.41 Å². The molecule has 1 fully saturated rings. The van der Waals surface area contributed by atoms with Gasteiger partial charge in [0.1, 0.15) is 6.04 Å². The van der Waals surface area contributed by atoms with Crippen LogP contribution < -0.4 is 0 Å². The Labute approximate surface area is 95.4 Å². The zero-order chi connectivity index (χ0) is 12.1. The molecule has 1 aliphatic rings. The van der Waals surface area contributed by atoms with Crippen LogP contribution in [0.5, 0.6) is 0 Å². The topological polar surface area (TPSA) is 64.1 Å². The maximum atomic E-state index is 11.1. The molecule has 16 heavy (non-hydrogen) atoms. The molecule has 0 saturated carbocycles. The third-order valence-electron chi connectivity index (χ3n) is 2.76. The third kappa shape index (κ3) is 3.46. The monoisotopic (exact) mass is 229 g/mol. The molecule has 0 aromatic heterocycles. The van der Waals surface area contributed by atoms with Crippen molar-refractivity contribution in [1.29, 1.82) is 0 Å². The van der Waals surface area contributed by atoms with Crippen LogP contribution in [0.3, 0.4) is 0 Å². The number of piperazine rings is 1. The molecule has 6 heteroatoms. The fraction of sp³-hybridized carbons (Fsp3) is 0.800. The molecule has 1 aliphatic heterocycles. The molecule has 0 aliphatic carbocycles. The van der Waals surface area contributed by atoms with Gasteiger partial charge >= 0.3 is 5.97 Å². The molecule has 1 amide bonds. The van der Waals surface area contributed by atoms with Crippen LogP contribution in [0.25, 0.3) is 0 Å². The van der Waals surface area contributed by atoms with Gasteiger partial charge in [-0.15, -0.1) is 0 Å². The highest BCUT2D eigenvalue weighted by atomic mass is 16.4. The minimum atomic E-state index is -0.798. The summed E-state index contributed by atoms with van der Waals surface area (Å²) < 4.78 is 0. The molecule has 0 bridgehead atoms. The first kappa shape index (κ1) is 12.9. The number of likely N-dealkylation sites (N-methyl/N-ethyl adjacent to an activating group) is 1. The number of nitrogens with zero attached hydrogens (tertiary/aromatic N) is 3. The van der Waals surface area contributed by atoms with E-state index < -0.39 is 12.0 Å². The van der Waals surface area contributed by atoms with Crippen molar-refractivity contribution in [2.45, 2.75) is 6.04 Å². The predicted molar refractivity (Wildman–Crippen MR) is 59.2 cm³/mol. The van der Waals surface area contributed by atoms with Gasteiger partial charge in [-0.1, -0.05) is 0 Å². The van der Waals surface area contributed by atoms with Crippen LogP contribution >= 0.6 is 0 Å². The molecule has 0 aromatic carbocycles. The first-order chi connectivity index (χ1) is 7.54. The van der Waals surface area contributed by atoms with Gasteiger partial charge in [0.05, 0.1) is 0 Å². The molecule has 1 saturated heterocycles. The van der Waals surface area contributed by atoms with Crippen LogP contribution in [0.2, 0.25) is 0 Å². The van der Waals surface area contributed by atoms with Gasteiger partial charge in [-0.2, -0.15) is 0 Å². The molecule has 6 nitrogen and oxygen atoms in total. The van der Waals surface area contributed by atoms with Gasteiger partial charge in [-0.25, -0.2) is 0 Å². The second-order valence-corrected chi connectivity index (χ2v) is 4.29. The van der Waals surface area contributed by atoms with Gasteiger partial charge < -0.3 is 14.9 Å². The second kappa shape index (κ2) is 5.81. The van der Waals surface area contributed by atoms with E-state index in [-0.39, 0.29) is 0 Å². The first-order valence-corrected chi connectivity index (χ1v) is 5.35. The van der Waals surface area contributed by atoms with Gasteiger partial charge in [0.15, 0.2) is 0 Å². The second-order valence-electron chi connectivity index (χ2n) is 4.29. The van der Waals surface area contributed by atoms with Gasteiger partial charge in [0.25, 0.3) is 0 Å². The van der Waals surface area contributed by atoms with Gasteiger partial charge in [0, 0.05) is 32.7 Å². The lowest BCUT2D eigenvalue weighted by molar-refractivity contribution is -0.144. The van der Waals surface area contributed by atoms with E-state index in [9.17, 15) is 9.59 Å². The number of carbonyl (C=O) groups is 2. The van der Waals surface area contributed by atoms with Crippen LogP contribution in [-0.4, -0.2) is 85.0 Å². The summed E-state index contributed by atoms with van der Waals surface area (Å²) in [5.41, 5.74) is 0. The van der Waals surface area contributed by atoms with Crippen LogP contribution in [0.1, 0.15) is 0 Å². The molecule has 1 N–H and O–H groups in total. The van der Waals surface area contributed by atoms with Crippen molar-refractivity contribution in [3.8, 4) is 0 Å². The Morgan fingerprint density at radius 2 is 1.94 bits per heavy atom. The fourth-order valence-corrected chi connectivity index (χ4v) is 1.85. The maximum Gasteiger partial charge on any atom is 0.322 e. The fourth-order valence-electron chi connectivity index (χ4n) is 1.85. The van der Waals surface area contributed by atoms with E-state index in [2.05, 4.69) is 0 Å². The summed E-state index contributed by atoms with van der Waals surface area (Å²) >= 11 is 0. The lowest BCUT2D eigenvalue weighted by Gasteiger charge is -2.36. The number of carbonyl (C=O) groups excluding carboxylic acids is 1. The molecular weight excluding hydrogens is 210 g/mol. The zero-order valence-corrected chi connectivity index (χ0v) is 9.80. The predicted octanol–water partition coefficient (Wildman–Crippen LogP) is -1.22. The molecule has 1 unspecified atom stereocenters. The van der Waals surface area contributed by atoms with Crippen molar-refractivity contribution in [1.82, 2.24) is 14.7 Å². The van der Waals surface area contributed by atoms with Crippen molar-refractivity contribution in [3.63, 3.8) is 0 Å². The van der Waals surface area contributed by atoms with Crippen molar-refractivity contribution >= 4 is 12.4 Å². The highest BCUT2D eigenvalue weighted by Gasteiger charge is 2.28. The molecule has 1 atom stereocenters. The average molecular weight is 229 g/mol. The Balaban J connectivity index is 2.53. The number of rotatable bonds is 5. The molecule has 92 valence electrons. The third-order valence-corrected chi connectivity index (χ3v) is 2.76. The van der Waals surface area contributed by atoms with E-state index in [1.807, 2.05) is 23.9 Å². The normalized spacial score (nSPS) is 19.8. The van der Waals surface area contributed by atoms with Crippen LogP contribution in [0.15, 0.2) is 0 Å². The summed E-state index contributed by atoms with van der Waals surface area (Å²) in [6.07, 6.45) is 0.819.